The van der Waals surface area contributed by atoms with Gasteiger partial charge in [-0.25, -0.2) is 14.8 Å². The summed E-state index contributed by atoms with van der Waals surface area (Å²) in [5.74, 6) is 0.987. The molecule has 1 atom stereocenters. The summed E-state index contributed by atoms with van der Waals surface area (Å²) in [5.41, 5.74) is 1.84. The Morgan fingerprint density at radius 2 is 1.67 bits per heavy atom. The van der Waals surface area contributed by atoms with Gasteiger partial charge in [0.05, 0.1) is 23.1 Å². The van der Waals surface area contributed by atoms with Crippen molar-refractivity contribution in [2.24, 2.45) is 11.8 Å². The number of aryl methyl sites for hydroxylation is 2. The highest BCUT2D eigenvalue weighted by Gasteiger charge is 2.51. The number of ether oxygens (including phenoxy) is 2. The topological polar surface area (TPSA) is 88.1 Å². The first kappa shape index (κ1) is 31.2. The number of rotatable bonds is 8. The van der Waals surface area contributed by atoms with Gasteiger partial charge in [0.25, 0.3) is 5.91 Å². The van der Waals surface area contributed by atoms with Crippen molar-refractivity contribution in [1.29, 1.82) is 0 Å². The third kappa shape index (κ3) is 6.47. The van der Waals surface area contributed by atoms with Gasteiger partial charge in [-0.15, -0.1) is 0 Å². The Kier molecular flexibility index (Phi) is 9.77. The molecular formula is C33H53N5O4. The van der Waals surface area contributed by atoms with Crippen LogP contribution in [-0.2, 0) is 9.47 Å². The highest BCUT2D eigenvalue weighted by molar-refractivity contribution is 5.96. The molecule has 1 aliphatic carbocycles. The summed E-state index contributed by atoms with van der Waals surface area (Å²) in [6, 6.07) is 0. The fourth-order valence-electron chi connectivity index (χ4n) is 8.15. The Labute approximate surface area is 252 Å². The fraction of sp³-hybridized carbons (Fsp3) is 0.818. The van der Waals surface area contributed by atoms with Gasteiger partial charge in [0.15, 0.2) is 0 Å². The van der Waals surface area contributed by atoms with Gasteiger partial charge < -0.3 is 19.3 Å². The minimum Gasteiger partial charge on any atom is -0.442 e. The maximum atomic E-state index is 13.4. The zero-order valence-electron chi connectivity index (χ0n) is 26.7. The van der Waals surface area contributed by atoms with E-state index in [-0.39, 0.29) is 23.1 Å². The van der Waals surface area contributed by atoms with Gasteiger partial charge in [-0.05, 0) is 71.6 Å². The normalized spacial score (nSPS) is 28.1. The molecule has 4 aliphatic rings. The lowest BCUT2D eigenvalue weighted by Gasteiger charge is -2.55. The number of carbonyl (C=O) groups excluding carboxylic acids is 2. The van der Waals surface area contributed by atoms with Gasteiger partial charge in [0.2, 0.25) is 0 Å². The van der Waals surface area contributed by atoms with E-state index in [1.54, 1.807) is 0 Å². The minimum absolute atomic E-state index is 0.0420. The van der Waals surface area contributed by atoms with E-state index < -0.39 is 0 Å². The predicted molar refractivity (Wildman–Crippen MR) is 162 cm³/mol. The SMILES string of the molecule is CCCCC1CN(CC2CCC(OC)CC2)C(=O)OC12CCN(C1(C)CCN(C(=O)c3c(C)ncnc3C)CC1)CC2. The van der Waals surface area contributed by atoms with Crippen LogP contribution in [-0.4, -0.2) is 100 Å². The molecule has 234 valence electrons. The molecule has 3 aliphatic heterocycles. The molecule has 1 aromatic heterocycles. The number of likely N-dealkylation sites (tertiary alicyclic amines) is 2. The Bertz CT molecular complexity index is 1070. The predicted octanol–water partition coefficient (Wildman–Crippen LogP) is 5.39. The maximum absolute atomic E-state index is 13.4. The summed E-state index contributed by atoms with van der Waals surface area (Å²) in [6.07, 6.45) is 13.4. The quantitative estimate of drug-likeness (QED) is 0.406. The number of hydrogen-bond donors (Lipinski definition) is 0. The smallest absolute Gasteiger partial charge is 0.410 e. The molecule has 0 N–H and O–H groups in total. The number of nitrogens with zero attached hydrogens (tertiary/aromatic N) is 5. The van der Waals surface area contributed by atoms with E-state index in [0.717, 1.165) is 115 Å². The van der Waals surface area contributed by atoms with Crippen molar-refractivity contribution in [3.05, 3.63) is 23.3 Å². The summed E-state index contributed by atoms with van der Waals surface area (Å²) in [7, 11) is 1.81. The van der Waals surface area contributed by atoms with E-state index in [1.165, 1.54) is 12.7 Å². The van der Waals surface area contributed by atoms with Crippen LogP contribution in [0.2, 0.25) is 0 Å². The lowest BCUT2D eigenvalue weighted by Crippen LogP contribution is -2.64. The molecule has 0 radical (unpaired) electrons. The van der Waals surface area contributed by atoms with Crippen LogP contribution < -0.4 is 0 Å². The van der Waals surface area contributed by atoms with Crippen molar-refractivity contribution in [1.82, 2.24) is 24.7 Å². The van der Waals surface area contributed by atoms with Crippen LogP contribution in [0.1, 0.15) is 106 Å². The lowest BCUT2D eigenvalue weighted by molar-refractivity contribution is -0.134. The van der Waals surface area contributed by atoms with Crippen LogP contribution in [0.5, 0.6) is 0 Å². The summed E-state index contributed by atoms with van der Waals surface area (Å²) < 4.78 is 12.0. The van der Waals surface area contributed by atoms with Crippen molar-refractivity contribution >= 4 is 12.0 Å². The number of carbonyl (C=O) groups is 2. The molecule has 3 saturated heterocycles. The molecule has 1 unspecified atom stereocenters. The number of aromatic nitrogens is 2. The van der Waals surface area contributed by atoms with E-state index in [4.69, 9.17) is 9.47 Å². The van der Waals surface area contributed by atoms with E-state index in [2.05, 4.69) is 28.7 Å². The fourth-order valence-corrected chi connectivity index (χ4v) is 8.15. The molecule has 9 nitrogen and oxygen atoms in total. The first-order valence-electron chi connectivity index (χ1n) is 16.5. The third-order valence-electron chi connectivity index (χ3n) is 11.2. The minimum atomic E-state index is -0.345. The molecule has 42 heavy (non-hydrogen) atoms. The average Bonchev–Trinajstić information content (AvgIpc) is 2.99. The monoisotopic (exact) mass is 583 g/mol. The number of amides is 2. The maximum Gasteiger partial charge on any atom is 0.410 e. The molecule has 0 bridgehead atoms. The zero-order chi connectivity index (χ0) is 29.9. The lowest BCUT2D eigenvalue weighted by atomic mass is 9.74. The van der Waals surface area contributed by atoms with Gasteiger partial charge >= 0.3 is 6.09 Å². The van der Waals surface area contributed by atoms with Gasteiger partial charge in [0, 0.05) is 70.7 Å². The molecular weight excluding hydrogens is 530 g/mol. The van der Waals surface area contributed by atoms with E-state index in [9.17, 15) is 9.59 Å². The van der Waals surface area contributed by atoms with Crippen LogP contribution in [0.15, 0.2) is 6.33 Å². The largest absolute Gasteiger partial charge is 0.442 e. The Hall–Kier alpha value is -2.26. The molecule has 4 heterocycles. The van der Waals surface area contributed by atoms with Crippen LogP contribution in [0.4, 0.5) is 4.79 Å². The second-order valence-corrected chi connectivity index (χ2v) is 13.8. The van der Waals surface area contributed by atoms with Crippen molar-refractivity contribution in [2.45, 2.75) is 116 Å². The molecule has 0 aromatic carbocycles. The molecule has 5 rings (SSSR count). The van der Waals surface area contributed by atoms with Crippen LogP contribution in [0.25, 0.3) is 0 Å². The average molecular weight is 584 g/mol. The highest BCUT2D eigenvalue weighted by atomic mass is 16.6. The molecule has 1 spiro atoms. The van der Waals surface area contributed by atoms with Gasteiger partial charge in [-0.2, -0.15) is 0 Å². The van der Waals surface area contributed by atoms with Crippen LogP contribution >= 0.6 is 0 Å². The zero-order valence-corrected chi connectivity index (χ0v) is 26.7. The van der Waals surface area contributed by atoms with Crippen molar-refractivity contribution in [3.63, 3.8) is 0 Å². The Morgan fingerprint density at radius 1 is 1.02 bits per heavy atom. The number of piperidine rings is 2. The highest BCUT2D eigenvalue weighted by Crippen LogP contribution is 2.44. The number of methoxy groups -OCH3 is 1. The first-order chi connectivity index (χ1) is 20.2. The summed E-state index contributed by atoms with van der Waals surface area (Å²) in [5, 5.41) is 0. The summed E-state index contributed by atoms with van der Waals surface area (Å²) >= 11 is 0. The third-order valence-corrected chi connectivity index (χ3v) is 11.2. The molecule has 9 heteroatoms. The second-order valence-electron chi connectivity index (χ2n) is 13.8. The van der Waals surface area contributed by atoms with E-state index in [1.807, 2.05) is 30.8 Å². The second kappa shape index (κ2) is 13.2. The van der Waals surface area contributed by atoms with Gasteiger partial charge in [-0.3, -0.25) is 9.69 Å². The van der Waals surface area contributed by atoms with Crippen molar-refractivity contribution in [3.8, 4) is 0 Å². The Balaban J connectivity index is 1.18. The van der Waals surface area contributed by atoms with Crippen LogP contribution in [0, 0.1) is 25.7 Å². The Morgan fingerprint density at radius 3 is 2.26 bits per heavy atom. The molecule has 1 aromatic rings. The van der Waals surface area contributed by atoms with Crippen molar-refractivity contribution in [2.75, 3.05) is 46.4 Å². The van der Waals surface area contributed by atoms with E-state index >= 15 is 0 Å². The standard InChI is InChI=1S/C33H53N5O4/c1-6-7-8-27-22-37(21-26-9-11-28(41-5)12-10-26)31(40)42-33(27)15-19-38(20-16-33)32(4)13-17-36(18-14-32)30(39)29-24(2)34-23-35-25(29)3/h23,26-28H,6-22H2,1-5H3. The number of unbranched alkanes of at least 4 members (excludes halogenated alkanes) is 1. The number of hydrogen-bond acceptors (Lipinski definition) is 7. The van der Waals surface area contributed by atoms with E-state index in [0.29, 0.717) is 23.5 Å². The van der Waals surface area contributed by atoms with Gasteiger partial charge in [-0.1, -0.05) is 19.8 Å². The molecule has 4 fully saturated rings. The molecule has 1 saturated carbocycles. The van der Waals surface area contributed by atoms with Gasteiger partial charge in [0.1, 0.15) is 11.9 Å². The van der Waals surface area contributed by atoms with Crippen LogP contribution in [0.3, 0.4) is 0 Å². The summed E-state index contributed by atoms with van der Waals surface area (Å²) in [6.45, 7) is 13.4. The molecule has 2 amide bonds. The first-order valence-corrected chi connectivity index (χ1v) is 16.5. The van der Waals surface area contributed by atoms with Crippen molar-refractivity contribution < 1.29 is 19.1 Å². The summed E-state index contributed by atoms with van der Waals surface area (Å²) in [4.78, 5) is 41.9.